The first kappa shape index (κ1) is 16.2. The normalized spacial score (nSPS) is 12.6. The zero-order valence-corrected chi connectivity index (χ0v) is 14.7. The molecule has 0 aliphatic rings. The molecule has 1 heterocycles. The summed E-state index contributed by atoms with van der Waals surface area (Å²) in [5, 5.41) is 8.08. The highest BCUT2D eigenvalue weighted by molar-refractivity contribution is 9.10. The first-order valence-corrected chi connectivity index (χ1v) is 8.42. The van der Waals surface area contributed by atoms with Gasteiger partial charge in [-0.05, 0) is 50.6 Å². The van der Waals surface area contributed by atoms with E-state index in [1.165, 1.54) is 17.0 Å². The SMILES string of the molecule is CCc1cc(CC(Cc2cccc(Br)c2)NC)n(CC)n1. The largest absolute Gasteiger partial charge is 0.316 e. The van der Waals surface area contributed by atoms with Crippen LogP contribution in [-0.4, -0.2) is 22.9 Å². The lowest BCUT2D eigenvalue weighted by atomic mass is 10.0. The third-order valence-electron chi connectivity index (χ3n) is 3.81. The van der Waals surface area contributed by atoms with Gasteiger partial charge in [-0.1, -0.05) is 35.0 Å². The van der Waals surface area contributed by atoms with Crippen LogP contribution >= 0.6 is 15.9 Å². The Kier molecular flexibility index (Phi) is 6.00. The van der Waals surface area contributed by atoms with E-state index in [9.17, 15) is 0 Å². The lowest BCUT2D eigenvalue weighted by Crippen LogP contribution is -2.30. The molecule has 1 aromatic heterocycles. The predicted octanol–water partition coefficient (Wildman–Crippen LogP) is 3.60. The Labute approximate surface area is 135 Å². The number of halogens is 1. The number of nitrogens with zero attached hydrogens (tertiary/aromatic N) is 2. The molecule has 1 N–H and O–H groups in total. The van der Waals surface area contributed by atoms with Crippen molar-refractivity contribution in [2.75, 3.05) is 7.05 Å². The van der Waals surface area contributed by atoms with Crippen LogP contribution in [0.15, 0.2) is 34.8 Å². The van der Waals surface area contributed by atoms with Gasteiger partial charge in [-0.2, -0.15) is 5.10 Å². The Morgan fingerprint density at radius 1 is 1.24 bits per heavy atom. The molecule has 2 rings (SSSR count). The molecule has 1 atom stereocenters. The summed E-state index contributed by atoms with van der Waals surface area (Å²) in [5.41, 5.74) is 3.86. The molecule has 114 valence electrons. The molecule has 0 saturated heterocycles. The van der Waals surface area contributed by atoms with Crippen LogP contribution in [0.1, 0.15) is 30.8 Å². The Morgan fingerprint density at radius 2 is 2.05 bits per heavy atom. The molecule has 0 amide bonds. The molecular weight excluding hydrogens is 326 g/mol. The number of benzene rings is 1. The quantitative estimate of drug-likeness (QED) is 0.827. The molecule has 2 aromatic rings. The smallest absolute Gasteiger partial charge is 0.0624 e. The van der Waals surface area contributed by atoms with E-state index in [-0.39, 0.29) is 0 Å². The molecular formula is C17H24BrN3. The summed E-state index contributed by atoms with van der Waals surface area (Å²) in [6.45, 7) is 5.24. The molecule has 0 fully saturated rings. The van der Waals surface area contributed by atoms with Gasteiger partial charge in [0.05, 0.1) is 5.69 Å². The molecule has 3 nitrogen and oxygen atoms in total. The van der Waals surface area contributed by atoms with Crippen LogP contribution in [0.25, 0.3) is 0 Å². The van der Waals surface area contributed by atoms with E-state index >= 15 is 0 Å². The van der Waals surface area contributed by atoms with Gasteiger partial charge < -0.3 is 5.32 Å². The minimum Gasteiger partial charge on any atom is -0.316 e. The van der Waals surface area contributed by atoms with Gasteiger partial charge in [0.1, 0.15) is 0 Å². The maximum Gasteiger partial charge on any atom is 0.0624 e. The van der Waals surface area contributed by atoms with Crippen LogP contribution in [-0.2, 0) is 25.8 Å². The lowest BCUT2D eigenvalue weighted by molar-refractivity contribution is 0.519. The lowest BCUT2D eigenvalue weighted by Gasteiger charge is -2.17. The van der Waals surface area contributed by atoms with Crippen LogP contribution in [0.2, 0.25) is 0 Å². The average Bonchev–Trinajstić information content (AvgIpc) is 2.88. The molecule has 4 heteroatoms. The topological polar surface area (TPSA) is 29.9 Å². The van der Waals surface area contributed by atoms with E-state index in [0.29, 0.717) is 6.04 Å². The van der Waals surface area contributed by atoms with Crippen molar-refractivity contribution >= 4 is 15.9 Å². The predicted molar refractivity (Wildman–Crippen MR) is 91.7 cm³/mol. The number of likely N-dealkylation sites (N-methyl/N-ethyl adjacent to an activating group) is 1. The van der Waals surface area contributed by atoms with Crippen LogP contribution in [0.5, 0.6) is 0 Å². The second-order valence-electron chi connectivity index (χ2n) is 5.32. The van der Waals surface area contributed by atoms with Crippen molar-refractivity contribution in [3.05, 3.63) is 51.8 Å². The van der Waals surface area contributed by atoms with E-state index in [4.69, 9.17) is 0 Å². The molecule has 21 heavy (non-hydrogen) atoms. The van der Waals surface area contributed by atoms with Crippen molar-refractivity contribution in [1.82, 2.24) is 15.1 Å². The van der Waals surface area contributed by atoms with Gasteiger partial charge in [0.2, 0.25) is 0 Å². The zero-order valence-electron chi connectivity index (χ0n) is 13.1. The summed E-state index contributed by atoms with van der Waals surface area (Å²) in [7, 11) is 2.04. The molecule has 0 saturated carbocycles. The van der Waals surface area contributed by atoms with Gasteiger partial charge in [-0.25, -0.2) is 0 Å². The second-order valence-corrected chi connectivity index (χ2v) is 6.24. The second kappa shape index (κ2) is 7.76. The van der Waals surface area contributed by atoms with Gasteiger partial charge in [-0.3, -0.25) is 4.68 Å². The number of rotatable bonds is 7. The van der Waals surface area contributed by atoms with Gasteiger partial charge in [-0.15, -0.1) is 0 Å². The third kappa shape index (κ3) is 4.42. The van der Waals surface area contributed by atoms with E-state index in [1.54, 1.807) is 0 Å². The van der Waals surface area contributed by atoms with E-state index in [2.05, 4.69) is 75.2 Å². The van der Waals surface area contributed by atoms with Crippen LogP contribution in [0.4, 0.5) is 0 Å². The maximum absolute atomic E-state index is 4.64. The highest BCUT2D eigenvalue weighted by Gasteiger charge is 2.13. The van der Waals surface area contributed by atoms with Gasteiger partial charge in [0.15, 0.2) is 0 Å². The van der Waals surface area contributed by atoms with Crippen molar-refractivity contribution < 1.29 is 0 Å². The summed E-state index contributed by atoms with van der Waals surface area (Å²) in [6.07, 6.45) is 3.02. The number of hydrogen-bond donors (Lipinski definition) is 1. The van der Waals surface area contributed by atoms with Crippen molar-refractivity contribution in [1.29, 1.82) is 0 Å². The van der Waals surface area contributed by atoms with Crippen LogP contribution in [0, 0.1) is 0 Å². The summed E-state index contributed by atoms with van der Waals surface area (Å²) in [5.74, 6) is 0. The minimum absolute atomic E-state index is 0.422. The van der Waals surface area contributed by atoms with Crippen molar-refractivity contribution in [3.8, 4) is 0 Å². The van der Waals surface area contributed by atoms with E-state index in [0.717, 1.165) is 30.3 Å². The summed E-state index contributed by atoms with van der Waals surface area (Å²) in [6, 6.07) is 11.2. The highest BCUT2D eigenvalue weighted by atomic mass is 79.9. The Hall–Kier alpha value is -1.13. The Balaban J connectivity index is 2.10. The summed E-state index contributed by atoms with van der Waals surface area (Å²) in [4.78, 5) is 0. The van der Waals surface area contributed by atoms with Crippen LogP contribution in [0.3, 0.4) is 0 Å². The molecule has 0 spiro atoms. The fourth-order valence-electron chi connectivity index (χ4n) is 2.60. The summed E-state index contributed by atoms with van der Waals surface area (Å²) >= 11 is 3.54. The molecule has 0 bridgehead atoms. The molecule has 0 aliphatic carbocycles. The van der Waals surface area contributed by atoms with Crippen molar-refractivity contribution in [3.63, 3.8) is 0 Å². The maximum atomic E-state index is 4.64. The zero-order chi connectivity index (χ0) is 15.2. The van der Waals surface area contributed by atoms with Crippen LogP contribution < -0.4 is 5.32 Å². The Bertz CT molecular complexity index is 577. The Morgan fingerprint density at radius 3 is 2.67 bits per heavy atom. The van der Waals surface area contributed by atoms with E-state index in [1.807, 2.05) is 7.05 Å². The number of aromatic nitrogens is 2. The molecule has 0 radical (unpaired) electrons. The van der Waals surface area contributed by atoms with E-state index < -0.39 is 0 Å². The van der Waals surface area contributed by atoms with Crippen molar-refractivity contribution in [2.24, 2.45) is 0 Å². The van der Waals surface area contributed by atoms with Gasteiger partial charge >= 0.3 is 0 Å². The number of aryl methyl sites for hydroxylation is 2. The fourth-order valence-corrected chi connectivity index (χ4v) is 3.05. The summed E-state index contributed by atoms with van der Waals surface area (Å²) < 4.78 is 3.27. The molecule has 0 aliphatic heterocycles. The van der Waals surface area contributed by atoms with Gasteiger partial charge in [0, 0.05) is 29.2 Å². The fraction of sp³-hybridized carbons (Fsp3) is 0.471. The standard InChI is InChI=1S/C17H24BrN3/c1-4-15-11-17(21(5-2)20-15)12-16(19-3)10-13-7-6-8-14(18)9-13/h6-9,11,16,19H,4-5,10,12H2,1-3H3. The van der Waals surface area contributed by atoms with Crippen molar-refractivity contribution in [2.45, 2.75) is 45.7 Å². The highest BCUT2D eigenvalue weighted by Crippen LogP contribution is 2.15. The number of nitrogens with one attached hydrogen (secondary N) is 1. The molecule has 1 aromatic carbocycles. The number of hydrogen-bond acceptors (Lipinski definition) is 2. The molecule has 1 unspecified atom stereocenters. The first-order valence-electron chi connectivity index (χ1n) is 7.63. The average molecular weight is 350 g/mol. The third-order valence-corrected chi connectivity index (χ3v) is 4.30. The monoisotopic (exact) mass is 349 g/mol. The van der Waals surface area contributed by atoms with Gasteiger partial charge in [0.25, 0.3) is 0 Å². The minimum atomic E-state index is 0.422. The first-order chi connectivity index (χ1) is 10.2.